The number of hydrogen-bond donors (Lipinski definition) is 2. The van der Waals surface area contributed by atoms with E-state index in [0.717, 1.165) is 89.9 Å². The predicted octanol–water partition coefficient (Wildman–Crippen LogP) is 14.4. The van der Waals surface area contributed by atoms with Crippen LogP contribution < -0.4 is 0 Å². The van der Waals surface area contributed by atoms with Crippen LogP contribution in [0.15, 0.2) is 72.4 Å². The molecule has 0 amide bonds. The van der Waals surface area contributed by atoms with Crippen LogP contribution in [-0.4, -0.2) is 114 Å². The summed E-state index contributed by atoms with van der Waals surface area (Å²) in [5, 5.41) is 24.1. The summed E-state index contributed by atoms with van der Waals surface area (Å²) in [6.45, 7) is 8.51. The van der Waals surface area contributed by atoms with E-state index in [1.54, 1.807) is 45.8 Å². The number of ketones is 2. The summed E-state index contributed by atoms with van der Waals surface area (Å²) in [5.74, 6) is -5.51. The first-order chi connectivity index (χ1) is 39.3. The summed E-state index contributed by atoms with van der Waals surface area (Å²) >= 11 is 0. The van der Waals surface area contributed by atoms with Gasteiger partial charge in [-0.05, 0) is 148 Å². The molecule has 0 radical (unpaired) electrons. The molecule has 2 N–H and O–H groups in total. The molecule has 0 aliphatic heterocycles. The molecule has 4 rings (SSSR count). The van der Waals surface area contributed by atoms with E-state index in [9.17, 15) is 39.0 Å². The SMILES string of the molecule is C.CCCCC/C=C\C/C=C\CCCCCCCC(=O)O[C@@H](COC(=O)CCC(=O)OCC(=O)[C@@]1(O)[C@H](C)C[C@H]2[C@@H]3CCC4=CC(=O)C=C[C@]4(C)[C@@]3(F)[C@@H](O)C[C@@]21C)[C@H](CN(C)C)OC(=O)CCCCCCC/C=C\C/C=C\CCCCC. The minimum Gasteiger partial charge on any atom is -0.462 e. The number of ether oxygens (including phenoxy) is 4. The second-order valence-electron chi connectivity index (χ2n) is 24.7. The van der Waals surface area contributed by atoms with Gasteiger partial charge in [0, 0.05) is 36.1 Å². The molecule has 470 valence electrons. The Morgan fingerprint density at radius 2 is 1.16 bits per heavy atom. The maximum absolute atomic E-state index is 17.7. The number of nitrogens with zero attached hydrogens (tertiary/aromatic N) is 1. The van der Waals surface area contributed by atoms with Gasteiger partial charge in [0.15, 0.2) is 30.3 Å². The van der Waals surface area contributed by atoms with Crippen molar-refractivity contribution in [1.29, 1.82) is 0 Å². The smallest absolute Gasteiger partial charge is 0.306 e. The molecule has 0 spiro atoms. The number of alkyl halides is 1. The minimum absolute atomic E-state index is 0. The highest BCUT2D eigenvalue weighted by atomic mass is 19.1. The molecule has 4 aliphatic carbocycles. The first kappa shape index (κ1) is 72.7. The van der Waals surface area contributed by atoms with Crippen LogP contribution >= 0.6 is 0 Å². The summed E-state index contributed by atoms with van der Waals surface area (Å²) in [6, 6.07) is 0. The lowest BCUT2D eigenvalue weighted by Crippen LogP contribution is -2.69. The fourth-order valence-corrected chi connectivity index (χ4v) is 13.3. The van der Waals surface area contributed by atoms with Crippen molar-refractivity contribution < 1.29 is 62.3 Å². The van der Waals surface area contributed by atoms with E-state index in [0.29, 0.717) is 37.7 Å². The fraction of sp³-hybridized carbons (Fsp3) is 0.739. The number of allylic oxidation sites excluding steroid dienone is 12. The number of aliphatic hydroxyl groups excluding tert-OH is 1. The van der Waals surface area contributed by atoms with Gasteiger partial charge in [0.05, 0.1) is 18.9 Å². The van der Waals surface area contributed by atoms with Crippen molar-refractivity contribution in [2.75, 3.05) is 33.9 Å². The zero-order valence-corrected chi connectivity index (χ0v) is 51.5. The van der Waals surface area contributed by atoms with Gasteiger partial charge in [-0.3, -0.25) is 28.8 Å². The topological polar surface area (TPSA) is 183 Å². The Kier molecular flexibility index (Phi) is 33.1. The van der Waals surface area contributed by atoms with E-state index < -0.39 is 114 Å². The monoisotopic (exact) mass is 1160 g/mol. The van der Waals surface area contributed by atoms with Gasteiger partial charge in [0.2, 0.25) is 5.78 Å². The molecule has 3 fully saturated rings. The number of unbranched alkanes of at least 4 members (excludes halogenated alkanes) is 16. The van der Waals surface area contributed by atoms with Gasteiger partial charge < -0.3 is 34.1 Å². The summed E-state index contributed by atoms with van der Waals surface area (Å²) in [4.78, 5) is 81.2. The first-order valence-corrected chi connectivity index (χ1v) is 31.8. The largest absolute Gasteiger partial charge is 0.462 e. The molecule has 83 heavy (non-hydrogen) atoms. The number of esters is 4. The average Bonchev–Trinajstić information content (AvgIpc) is 1.69. The molecular weight excluding hydrogens is 1050 g/mol. The highest BCUT2D eigenvalue weighted by Crippen LogP contribution is 2.70. The van der Waals surface area contributed by atoms with Crippen LogP contribution in [0.2, 0.25) is 0 Å². The van der Waals surface area contributed by atoms with Crippen molar-refractivity contribution in [3.63, 3.8) is 0 Å². The van der Waals surface area contributed by atoms with Gasteiger partial charge >= 0.3 is 23.9 Å². The number of halogens is 1. The number of carbonyl (C=O) groups excluding carboxylic acids is 6. The third kappa shape index (κ3) is 21.7. The molecule has 0 aromatic rings. The van der Waals surface area contributed by atoms with Gasteiger partial charge in [-0.1, -0.05) is 160 Å². The van der Waals surface area contributed by atoms with Crippen molar-refractivity contribution >= 4 is 35.4 Å². The summed E-state index contributed by atoms with van der Waals surface area (Å²) < 4.78 is 40.5. The Morgan fingerprint density at radius 3 is 1.67 bits per heavy atom. The zero-order valence-electron chi connectivity index (χ0n) is 51.5. The maximum Gasteiger partial charge on any atom is 0.306 e. The normalized spacial score (nSPS) is 26.4. The van der Waals surface area contributed by atoms with Crippen LogP contribution in [0.25, 0.3) is 0 Å². The number of carbonyl (C=O) groups is 6. The molecule has 0 aromatic carbocycles. The molecule has 0 heterocycles. The lowest BCUT2D eigenvalue weighted by molar-refractivity contribution is -0.220. The molecule has 10 atom stereocenters. The van der Waals surface area contributed by atoms with Gasteiger partial charge in [-0.2, -0.15) is 0 Å². The predicted molar refractivity (Wildman–Crippen MR) is 328 cm³/mol. The number of rotatable bonds is 41. The third-order valence-electron chi connectivity index (χ3n) is 18.1. The van der Waals surface area contributed by atoms with E-state index in [2.05, 4.69) is 62.5 Å². The molecule has 14 heteroatoms. The zero-order chi connectivity index (χ0) is 60.0. The summed E-state index contributed by atoms with van der Waals surface area (Å²) in [6.07, 6.45) is 41.8. The Balaban J connectivity index is 0.0000181. The van der Waals surface area contributed by atoms with Gasteiger partial charge in [0.1, 0.15) is 12.2 Å². The lowest BCUT2D eigenvalue weighted by atomic mass is 9.44. The van der Waals surface area contributed by atoms with Crippen LogP contribution in [0.5, 0.6) is 0 Å². The van der Waals surface area contributed by atoms with Crippen LogP contribution in [0, 0.1) is 28.6 Å². The molecule has 4 aliphatic rings. The van der Waals surface area contributed by atoms with E-state index in [1.807, 2.05) is 0 Å². The molecule has 0 saturated heterocycles. The van der Waals surface area contributed by atoms with Crippen molar-refractivity contribution in [2.24, 2.45) is 28.6 Å². The number of aliphatic hydroxyl groups is 2. The third-order valence-corrected chi connectivity index (χ3v) is 18.1. The Bertz CT molecular complexity index is 2200. The maximum atomic E-state index is 17.7. The molecule has 0 bridgehead atoms. The number of Topliss-reactive ketones (excluding diaryl/α,β-unsaturated/α-hetero) is 1. The number of likely N-dealkylation sites (N-methyl/N-ethyl adjacent to an activating group) is 1. The van der Waals surface area contributed by atoms with Crippen molar-refractivity contribution in [3.05, 3.63) is 72.4 Å². The van der Waals surface area contributed by atoms with Crippen LogP contribution in [0.4, 0.5) is 4.39 Å². The molecule has 0 unspecified atom stereocenters. The van der Waals surface area contributed by atoms with E-state index >= 15 is 4.39 Å². The first-order valence-electron chi connectivity index (χ1n) is 31.8. The standard InChI is InChI=1S/C68H106FNO12.CH4/c1-8-10-12-14-16-18-20-22-24-26-28-30-32-34-36-38-63(76)81-57(49-70(6)7)58(82-64(77)39-37-35-33-31-29-27-25-23-21-19-17-15-13-11-9-2)50-79-61(74)42-43-62(75)80-51-60(73)68(78)52(3)46-56-55-41-40-53-47-54(71)44-45-65(53,4)67(55,69)59(72)48-66(56,68)5;/h16-19,22-25,44-45,47,52,55-59,72,78H,8-15,20-21,26-43,46,48-51H2,1-7H3;1H4/b18-16-,19-17-,24-22-,25-23-;/t52-,55+,56+,57+,58+,59+,65+,66+,67+,68+;/m1./s1. The van der Waals surface area contributed by atoms with Crippen LogP contribution in [0.3, 0.4) is 0 Å². The highest BCUT2D eigenvalue weighted by molar-refractivity contribution is 6.01. The van der Waals surface area contributed by atoms with Crippen molar-refractivity contribution in [2.45, 2.75) is 264 Å². The second kappa shape index (κ2) is 37.8. The molecule has 3 saturated carbocycles. The minimum atomic E-state index is -2.14. The molecule has 13 nitrogen and oxygen atoms in total. The summed E-state index contributed by atoms with van der Waals surface area (Å²) in [7, 11) is 3.59. The van der Waals surface area contributed by atoms with Crippen molar-refractivity contribution in [1.82, 2.24) is 4.90 Å². The van der Waals surface area contributed by atoms with E-state index in [-0.39, 0.29) is 39.0 Å². The second-order valence-corrected chi connectivity index (χ2v) is 24.7. The van der Waals surface area contributed by atoms with Gasteiger partial charge in [0.25, 0.3) is 0 Å². The Labute approximate surface area is 499 Å². The highest BCUT2D eigenvalue weighted by Gasteiger charge is 2.75. The number of fused-ring (bicyclic) bond motifs is 5. The lowest BCUT2D eigenvalue weighted by Gasteiger charge is -2.62. The molecule has 0 aromatic heterocycles. The quantitative estimate of drug-likeness (QED) is 0.0255. The van der Waals surface area contributed by atoms with Gasteiger partial charge in [-0.25, -0.2) is 4.39 Å². The summed E-state index contributed by atoms with van der Waals surface area (Å²) in [5.41, 5.74) is -6.05. The molecular formula is C69H110FNO12. The van der Waals surface area contributed by atoms with E-state index in [1.165, 1.54) is 50.7 Å². The van der Waals surface area contributed by atoms with E-state index in [4.69, 9.17) is 18.9 Å². The Hall–Kier alpha value is -4.53. The average molecular weight is 1160 g/mol. The van der Waals surface area contributed by atoms with Gasteiger partial charge in [-0.15, -0.1) is 0 Å². The Morgan fingerprint density at radius 1 is 0.675 bits per heavy atom. The number of hydrogen-bond acceptors (Lipinski definition) is 13. The van der Waals surface area contributed by atoms with Crippen molar-refractivity contribution in [3.8, 4) is 0 Å². The van der Waals surface area contributed by atoms with Crippen LogP contribution in [-0.2, 0) is 47.7 Å². The fourth-order valence-electron chi connectivity index (χ4n) is 13.3. The van der Waals surface area contributed by atoms with Crippen LogP contribution in [0.1, 0.15) is 235 Å².